The number of carbonyl (C=O) groups is 1. The lowest BCUT2D eigenvalue weighted by molar-refractivity contribution is 0.262. The third-order valence-corrected chi connectivity index (χ3v) is 2.91. The highest BCUT2D eigenvalue weighted by Gasteiger charge is 2.09. The first kappa shape index (κ1) is 14.9. The van der Waals surface area contributed by atoms with E-state index in [1.165, 1.54) is 0 Å². The van der Waals surface area contributed by atoms with Gasteiger partial charge in [-0.3, -0.25) is 5.32 Å². The van der Waals surface area contributed by atoms with E-state index >= 15 is 0 Å². The Morgan fingerprint density at radius 1 is 1.33 bits per heavy atom. The molecular formula is C15H20N4O2. The number of nitrogens with one attached hydrogen (secondary N) is 2. The molecule has 0 atom stereocenters. The lowest BCUT2D eigenvalue weighted by atomic mass is 10.3. The van der Waals surface area contributed by atoms with E-state index in [9.17, 15) is 4.79 Å². The minimum Gasteiger partial charge on any atom is -0.497 e. The van der Waals surface area contributed by atoms with E-state index in [0.29, 0.717) is 17.3 Å². The third kappa shape index (κ3) is 3.98. The van der Waals surface area contributed by atoms with Crippen LogP contribution >= 0.6 is 0 Å². The molecule has 2 amide bonds. The Bertz CT molecular complexity index is 622. The number of rotatable bonds is 5. The van der Waals surface area contributed by atoms with Crippen LogP contribution in [0.1, 0.15) is 19.0 Å². The number of benzene rings is 1. The van der Waals surface area contributed by atoms with E-state index in [0.717, 1.165) is 18.7 Å². The Kier molecular flexibility index (Phi) is 4.81. The molecule has 2 rings (SSSR count). The van der Waals surface area contributed by atoms with E-state index in [4.69, 9.17) is 4.74 Å². The van der Waals surface area contributed by atoms with Gasteiger partial charge in [0, 0.05) is 24.4 Å². The molecule has 112 valence electrons. The average Bonchev–Trinajstić information content (AvgIpc) is 2.79. The van der Waals surface area contributed by atoms with Gasteiger partial charge >= 0.3 is 6.03 Å². The molecule has 0 aliphatic rings. The van der Waals surface area contributed by atoms with Crippen molar-refractivity contribution in [3.8, 4) is 5.75 Å². The lowest BCUT2D eigenvalue weighted by Gasteiger charge is -2.10. The Balaban J connectivity index is 2.04. The van der Waals surface area contributed by atoms with Crippen LogP contribution in [0.3, 0.4) is 0 Å². The van der Waals surface area contributed by atoms with Crippen molar-refractivity contribution in [2.75, 3.05) is 17.7 Å². The van der Waals surface area contributed by atoms with Gasteiger partial charge in [-0.25, -0.2) is 9.48 Å². The van der Waals surface area contributed by atoms with Crippen LogP contribution in [-0.2, 0) is 6.54 Å². The van der Waals surface area contributed by atoms with Crippen molar-refractivity contribution < 1.29 is 9.53 Å². The van der Waals surface area contributed by atoms with Gasteiger partial charge in [0.05, 0.1) is 12.8 Å². The molecule has 1 aromatic heterocycles. The molecule has 2 aromatic rings. The number of aryl methyl sites for hydroxylation is 2. The molecule has 1 heterocycles. The Morgan fingerprint density at radius 2 is 2.14 bits per heavy atom. The van der Waals surface area contributed by atoms with Gasteiger partial charge in [0.25, 0.3) is 0 Å². The predicted molar refractivity (Wildman–Crippen MR) is 82.9 cm³/mol. The standard InChI is InChI=1S/C15H20N4O2/c1-4-8-19-14(9-11(2)18-19)17-15(20)16-12-6-5-7-13(10-12)21-3/h5-7,9-10H,4,8H2,1-3H3,(H2,16,17,20). The topological polar surface area (TPSA) is 68.2 Å². The molecule has 0 saturated heterocycles. The first-order valence-electron chi connectivity index (χ1n) is 6.89. The fourth-order valence-corrected chi connectivity index (χ4v) is 2.01. The highest BCUT2D eigenvalue weighted by molar-refractivity contribution is 5.99. The molecule has 0 bridgehead atoms. The number of hydrogen-bond donors (Lipinski definition) is 2. The maximum Gasteiger partial charge on any atom is 0.324 e. The molecule has 6 nitrogen and oxygen atoms in total. The molecule has 0 radical (unpaired) electrons. The number of nitrogens with zero attached hydrogens (tertiary/aromatic N) is 2. The molecule has 0 fully saturated rings. The van der Waals surface area contributed by atoms with Crippen LogP contribution in [-0.4, -0.2) is 22.9 Å². The molecule has 0 aliphatic heterocycles. The first-order chi connectivity index (χ1) is 10.1. The summed E-state index contributed by atoms with van der Waals surface area (Å²) in [5, 5.41) is 9.93. The summed E-state index contributed by atoms with van der Waals surface area (Å²) < 4.78 is 6.92. The van der Waals surface area contributed by atoms with Crippen LogP contribution in [0.25, 0.3) is 0 Å². The van der Waals surface area contributed by atoms with E-state index < -0.39 is 0 Å². The van der Waals surface area contributed by atoms with Gasteiger partial charge in [-0.05, 0) is 25.5 Å². The zero-order chi connectivity index (χ0) is 15.2. The molecular weight excluding hydrogens is 268 g/mol. The summed E-state index contributed by atoms with van der Waals surface area (Å²) in [6.07, 6.45) is 0.952. The number of aromatic nitrogens is 2. The second-order valence-corrected chi connectivity index (χ2v) is 4.71. The molecule has 2 N–H and O–H groups in total. The van der Waals surface area contributed by atoms with Crippen molar-refractivity contribution in [3.05, 3.63) is 36.0 Å². The van der Waals surface area contributed by atoms with Gasteiger partial charge in [0.2, 0.25) is 0 Å². The zero-order valence-electron chi connectivity index (χ0n) is 12.5. The highest BCUT2D eigenvalue weighted by Crippen LogP contribution is 2.17. The monoisotopic (exact) mass is 288 g/mol. The second kappa shape index (κ2) is 6.78. The fourth-order valence-electron chi connectivity index (χ4n) is 2.01. The van der Waals surface area contributed by atoms with Crippen molar-refractivity contribution in [1.82, 2.24) is 9.78 Å². The van der Waals surface area contributed by atoms with E-state index in [-0.39, 0.29) is 6.03 Å². The predicted octanol–water partition coefficient (Wildman–Crippen LogP) is 3.25. The Hall–Kier alpha value is -2.50. The minimum absolute atomic E-state index is 0.305. The van der Waals surface area contributed by atoms with E-state index in [1.807, 2.05) is 25.1 Å². The largest absolute Gasteiger partial charge is 0.497 e. The minimum atomic E-state index is -0.305. The number of anilines is 2. The number of methoxy groups -OCH3 is 1. The van der Waals surface area contributed by atoms with Crippen LogP contribution < -0.4 is 15.4 Å². The molecule has 0 saturated carbocycles. The van der Waals surface area contributed by atoms with Gasteiger partial charge in [-0.1, -0.05) is 13.0 Å². The molecule has 0 aliphatic carbocycles. The molecule has 0 unspecified atom stereocenters. The zero-order valence-corrected chi connectivity index (χ0v) is 12.5. The normalized spacial score (nSPS) is 10.2. The van der Waals surface area contributed by atoms with Gasteiger partial charge in [-0.2, -0.15) is 5.10 Å². The van der Waals surface area contributed by atoms with Crippen molar-refractivity contribution in [2.24, 2.45) is 0 Å². The maximum absolute atomic E-state index is 12.0. The van der Waals surface area contributed by atoms with Gasteiger partial charge in [0.15, 0.2) is 0 Å². The average molecular weight is 288 g/mol. The maximum atomic E-state index is 12.0. The van der Waals surface area contributed by atoms with Crippen LogP contribution in [0.2, 0.25) is 0 Å². The van der Waals surface area contributed by atoms with Gasteiger partial charge in [-0.15, -0.1) is 0 Å². The number of hydrogen-bond acceptors (Lipinski definition) is 3. The van der Waals surface area contributed by atoms with Crippen LogP contribution in [0.15, 0.2) is 30.3 Å². The number of carbonyl (C=O) groups excluding carboxylic acids is 1. The van der Waals surface area contributed by atoms with Gasteiger partial charge < -0.3 is 10.1 Å². The molecule has 1 aromatic carbocycles. The summed E-state index contributed by atoms with van der Waals surface area (Å²) in [6.45, 7) is 4.73. The lowest BCUT2D eigenvalue weighted by Crippen LogP contribution is -2.21. The van der Waals surface area contributed by atoms with Crippen LogP contribution in [0.5, 0.6) is 5.75 Å². The van der Waals surface area contributed by atoms with Crippen molar-refractivity contribution >= 4 is 17.5 Å². The summed E-state index contributed by atoms with van der Waals surface area (Å²) in [5.74, 6) is 1.38. The SMILES string of the molecule is CCCn1nc(C)cc1NC(=O)Nc1cccc(OC)c1. The van der Waals surface area contributed by atoms with Crippen molar-refractivity contribution in [3.63, 3.8) is 0 Å². The molecule has 21 heavy (non-hydrogen) atoms. The molecule has 6 heteroatoms. The summed E-state index contributed by atoms with van der Waals surface area (Å²) in [4.78, 5) is 12.0. The first-order valence-corrected chi connectivity index (χ1v) is 6.89. The van der Waals surface area contributed by atoms with Crippen LogP contribution in [0.4, 0.5) is 16.3 Å². The van der Waals surface area contributed by atoms with Gasteiger partial charge in [0.1, 0.15) is 11.6 Å². The summed E-state index contributed by atoms with van der Waals surface area (Å²) in [7, 11) is 1.59. The number of urea groups is 1. The van der Waals surface area contributed by atoms with Crippen molar-refractivity contribution in [2.45, 2.75) is 26.8 Å². The third-order valence-electron chi connectivity index (χ3n) is 2.91. The van der Waals surface area contributed by atoms with E-state index in [2.05, 4.69) is 22.7 Å². The summed E-state index contributed by atoms with van der Waals surface area (Å²) in [5.41, 5.74) is 1.55. The van der Waals surface area contributed by atoms with E-state index in [1.54, 1.807) is 23.9 Å². The smallest absolute Gasteiger partial charge is 0.324 e. The summed E-state index contributed by atoms with van der Waals surface area (Å²) in [6, 6.07) is 8.74. The Morgan fingerprint density at radius 3 is 2.86 bits per heavy atom. The Labute approximate surface area is 124 Å². The fraction of sp³-hybridized carbons (Fsp3) is 0.333. The quantitative estimate of drug-likeness (QED) is 0.887. The number of ether oxygens (including phenoxy) is 1. The summed E-state index contributed by atoms with van der Waals surface area (Å²) >= 11 is 0. The molecule has 0 spiro atoms. The second-order valence-electron chi connectivity index (χ2n) is 4.71. The van der Waals surface area contributed by atoms with Crippen molar-refractivity contribution in [1.29, 1.82) is 0 Å². The van der Waals surface area contributed by atoms with Crippen LogP contribution in [0, 0.1) is 6.92 Å². The number of amides is 2. The highest BCUT2D eigenvalue weighted by atomic mass is 16.5.